The maximum Gasteiger partial charge on any atom is 0.137 e. The van der Waals surface area contributed by atoms with Crippen molar-refractivity contribution < 1.29 is 22.7 Å². The molecule has 0 aliphatic carbocycles. The third-order valence-electron chi connectivity index (χ3n) is 8.77. The lowest BCUT2D eigenvalue weighted by Crippen LogP contribution is -2.57. The quantitative estimate of drug-likeness (QED) is 0.0895. The molecule has 10 nitrogen and oxygen atoms in total. The number of nitrogens with zero attached hydrogens (tertiary/aromatic N) is 9. The molecule has 3 heterocycles. The zero-order chi connectivity index (χ0) is 32.4. The first-order valence-electron chi connectivity index (χ1n) is 14.7. The zero-order valence-electron chi connectivity index (χ0n) is 24.9. The molecule has 46 heavy (non-hydrogen) atoms. The lowest BCUT2D eigenvalue weighted by Gasteiger charge is -2.45. The van der Waals surface area contributed by atoms with E-state index in [9.17, 15) is 18.3 Å². The van der Waals surface area contributed by atoms with Gasteiger partial charge >= 0.3 is 0 Å². The molecular formula is C32H31F4N9O. The highest BCUT2D eigenvalue weighted by molar-refractivity contribution is 5.86. The molecule has 14 heteroatoms. The Bertz CT molecular complexity index is 1900. The van der Waals surface area contributed by atoms with Crippen molar-refractivity contribution in [1.82, 2.24) is 29.1 Å². The van der Waals surface area contributed by atoms with Gasteiger partial charge in [-0.3, -0.25) is 9.80 Å². The lowest BCUT2D eigenvalue weighted by molar-refractivity contribution is -0.0743. The molecule has 2 aromatic heterocycles. The molecule has 5 aromatic rings. The number of rotatable bonds is 10. The smallest absolute Gasteiger partial charge is 0.137 e. The summed E-state index contributed by atoms with van der Waals surface area (Å²) in [5.74, 6) is -2.88. The predicted molar refractivity (Wildman–Crippen MR) is 163 cm³/mol. The Morgan fingerprint density at radius 1 is 0.935 bits per heavy atom. The van der Waals surface area contributed by atoms with E-state index in [2.05, 4.69) is 29.9 Å². The van der Waals surface area contributed by atoms with Crippen molar-refractivity contribution in [2.24, 2.45) is 5.11 Å². The molecular weight excluding hydrogens is 602 g/mol. The minimum absolute atomic E-state index is 0.0233. The molecule has 6 rings (SSSR count). The van der Waals surface area contributed by atoms with Crippen LogP contribution in [0.2, 0.25) is 0 Å². The first-order chi connectivity index (χ1) is 22.1. The van der Waals surface area contributed by atoms with E-state index in [-0.39, 0.29) is 18.7 Å². The number of fused-ring (bicyclic) bond motifs is 1. The molecule has 0 bridgehead atoms. The number of aliphatic hydroxyl groups is 1. The van der Waals surface area contributed by atoms with Crippen molar-refractivity contribution in [3.05, 3.63) is 124 Å². The van der Waals surface area contributed by atoms with Crippen LogP contribution in [0.15, 0.2) is 78.6 Å². The first kappa shape index (κ1) is 31.2. The Morgan fingerprint density at radius 3 is 2.35 bits per heavy atom. The maximum absolute atomic E-state index is 15.0. The molecule has 0 unspecified atom stereocenters. The van der Waals surface area contributed by atoms with E-state index in [1.54, 1.807) is 12.1 Å². The van der Waals surface area contributed by atoms with E-state index >= 15 is 4.39 Å². The van der Waals surface area contributed by atoms with Gasteiger partial charge in [-0.25, -0.2) is 27.2 Å². The highest BCUT2D eigenvalue weighted by Gasteiger charge is 2.42. The second-order valence-corrected chi connectivity index (χ2v) is 11.5. The van der Waals surface area contributed by atoms with E-state index in [1.165, 1.54) is 35.5 Å². The van der Waals surface area contributed by atoms with Gasteiger partial charge in [-0.1, -0.05) is 29.4 Å². The Labute approximate surface area is 261 Å². The van der Waals surface area contributed by atoms with Crippen molar-refractivity contribution in [1.29, 1.82) is 0 Å². The molecule has 1 aliphatic heterocycles. The van der Waals surface area contributed by atoms with Gasteiger partial charge in [0.2, 0.25) is 0 Å². The third kappa shape index (κ3) is 6.33. The molecule has 0 amide bonds. The molecule has 0 saturated carbocycles. The summed E-state index contributed by atoms with van der Waals surface area (Å²) in [5.41, 5.74) is 9.64. The van der Waals surface area contributed by atoms with Gasteiger partial charge in [-0.15, -0.1) is 0 Å². The van der Waals surface area contributed by atoms with Crippen molar-refractivity contribution in [2.45, 2.75) is 38.2 Å². The Morgan fingerprint density at radius 2 is 1.67 bits per heavy atom. The summed E-state index contributed by atoms with van der Waals surface area (Å²) >= 11 is 0. The number of azide groups is 1. The van der Waals surface area contributed by atoms with Gasteiger partial charge in [0.15, 0.2) is 0 Å². The summed E-state index contributed by atoms with van der Waals surface area (Å²) in [4.78, 5) is 11.1. The summed E-state index contributed by atoms with van der Waals surface area (Å²) < 4.78 is 60.2. The molecule has 3 aromatic carbocycles. The normalized spacial score (nSPS) is 16.3. The van der Waals surface area contributed by atoms with Crippen LogP contribution in [-0.2, 0) is 25.2 Å². The molecule has 0 spiro atoms. The Kier molecular flexibility index (Phi) is 8.78. The lowest BCUT2D eigenvalue weighted by atomic mass is 9.85. The second-order valence-electron chi connectivity index (χ2n) is 11.5. The van der Waals surface area contributed by atoms with E-state index in [4.69, 9.17) is 5.53 Å². The fraction of sp³-hybridized carbons (Fsp3) is 0.312. The van der Waals surface area contributed by atoms with Crippen LogP contribution in [0, 0.1) is 23.3 Å². The van der Waals surface area contributed by atoms with Gasteiger partial charge in [0.25, 0.3) is 0 Å². The van der Waals surface area contributed by atoms with Gasteiger partial charge in [0.05, 0.1) is 13.1 Å². The molecule has 1 aliphatic rings. The van der Waals surface area contributed by atoms with E-state index in [0.717, 1.165) is 34.7 Å². The molecule has 2 atom stereocenters. The van der Waals surface area contributed by atoms with Gasteiger partial charge in [0.1, 0.15) is 41.5 Å². The number of halogens is 4. The maximum atomic E-state index is 15.0. The molecule has 1 N–H and O–H groups in total. The standard InChI is InChI=1S/C32H31F4N9O/c1-21(32(46,18-45-20-38-19-39-45)28-7-4-25(34)13-30(28)36)43-10-8-42(9-11-43)15-23-17-44(16-22-2-3-24(33)12-29(22)35)31-14-26(40-41-37)5-6-27(23)31/h2-7,12-14,17,19-21,46H,8-11,15-16,18H2,1H3/t21-,32-/m1/s1. The SMILES string of the molecule is C[C@@H](N1CCN(Cc2cn(Cc3ccc(F)cc3F)c3cc(N=[N+]=[N-])ccc23)CC1)[C@](O)(Cn1cncn1)c1ccc(F)cc1F. The van der Waals surface area contributed by atoms with Crippen LogP contribution >= 0.6 is 0 Å². The van der Waals surface area contributed by atoms with Crippen molar-refractivity contribution in [3.63, 3.8) is 0 Å². The number of hydrogen-bond acceptors (Lipinski definition) is 6. The largest absolute Gasteiger partial charge is 0.381 e. The van der Waals surface area contributed by atoms with Crippen molar-refractivity contribution in [3.8, 4) is 0 Å². The molecule has 1 saturated heterocycles. The highest BCUT2D eigenvalue weighted by atomic mass is 19.1. The topological polar surface area (TPSA) is 111 Å². The minimum atomic E-state index is -1.74. The predicted octanol–water partition coefficient (Wildman–Crippen LogP) is 5.87. The number of benzene rings is 3. The van der Waals surface area contributed by atoms with Crippen LogP contribution < -0.4 is 0 Å². The van der Waals surface area contributed by atoms with Crippen molar-refractivity contribution >= 4 is 16.6 Å². The van der Waals surface area contributed by atoms with Crippen LogP contribution in [0.3, 0.4) is 0 Å². The van der Waals surface area contributed by atoms with Crippen LogP contribution in [0.25, 0.3) is 21.3 Å². The Hall–Kier alpha value is -4.75. The van der Waals surface area contributed by atoms with Gasteiger partial charge < -0.3 is 9.67 Å². The fourth-order valence-corrected chi connectivity index (χ4v) is 6.26. The number of aromatic nitrogens is 4. The number of hydrogen-bond donors (Lipinski definition) is 1. The molecule has 238 valence electrons. The average Bonchev–Trinajstić information content (AvgIpc) is 3.66. The summed E-state index contributed by atoms with van der Waals surface area (Å²) in [6, 6.07) is 11.4. The Balaban J connectivity index is 1.22. The van der Waals surface area contributed by atoms with Gasteiger partial charge in [-0.2, -0.15) is 5.10 Å². The van der Waals surface area contributed by atoms with E-state index < -0.39 is 34.9 Å². The van der Waals surface area contributed by atoms with Gasteiger partial charge in [0, 0.05) is 89.7 Å². The monoisotopic (exact) mass is 633 g/mol. The summed E-state index contributed by atoms with van der Waals surface area (Å²) in [7, 11) is 0. The highest BCUT2D eigenvalue weighted by Crippen LogP contribution is 2.34. The van der Waals surface area contributed by atoms with E-state index in [1.807, 2.05) is 23.8 Å². The van der Waals surface area contributed by atoms with Crippen molar-refractivity contribution in [2.75, 3.05) is 26.2 Å². The van der Waals surface area contributed by atoms with Gasteiger partial charge in [-0.05, 0) is 36.2 Å². The van der Waals surface area contributed by atoms with Crippen LogP contribution in [0.1, 0.15) is 23.6 Å². The summed E-state index contributed by atoms with van der Waals surface area (Å²) in [6.07, 6.45) is 4.69. The summed E-state index contributed by atoms with van der Waals surface area (Å²) in [6.45, 7) is 4.83. The molecule has 1 fully saturated rings. The first-order valence-corrected chi connectivity index (χ1v) is 14.7. The molecule has 0 radical (unpaired) electrons. The van der Waals surface area contributed by atoms with E-state index in [0.29, 0.717) is 44.0 Å². The zero-order valence-corrected chi connectivity index (χ0v) is 24.9. The summed E-state index contributed by atoms with van der Waals surface area (Å²) in [5, 5.41) is 20.7. The van der Waals surface area contributed by atoms with Crippen LogP contribution in [0.4, 0.5) is 23.2 Å². The number of piperazine rings is 1. The average molecular weight is 634 g/mol. The van der Waals surface area contributed by atoms with Crippen LogP contribution in [-0.4, -0.2) is 66.5 Å². The fourth-order valence-electron chi connectivity index (χ4n) is 6.26. The van der Waals surface area contributed by atoms with Crippen LogP contribution in [0.5, 0.6) is 0 Å². The minimum Gasteiger partial charge on any atom is -0.381 e. The third-order valence-corrected chi connectivity index (χ3v) is 8.77. The second kappa shape index (κ2) is 12.9.